The van der Waals surface area contributed by atoms with Gasteiger partial charge in [-0.05, 0) is 37.4 Å². The Balaban J connectivity index is 0.000000157. The molecular weight excluding hydrogens is 452 g/mol. The fraction of sp³-hybridized carbons (Fsp3) is 0.222. The van der Waals surface area contributed by atoms with Gasteiger partial charge in [0, 0.05) is 86.0 Å². The molecule has 5 aromatic rings. The zero-order valence-corrected chi connectivity index (χ0v) is 20.3. The van der Waals surface area contributed by atoms with Crippen molar-refractivity contribution in [2.24, 2.45) is 0 Å². The Morgan fingerprint density at radius 2 is 1.86 bits per heavy atom. The molecule has 0 spiro atoms. The van der Waals surface area contributed by atoms with Crippen molar-refractivity contribution in [1.82, 2.24) is 29.8 Å². The van der Waals surface area contributed by atoms with E-state index in [1.54, 1.807) is 12.3 Å². The summed E-state index contributed by atoms with van der Waals surface area (Å²) in [6, 6.07) is 11.6. The molecule has 6 heterocycles. The molecular formula is C27H28N8O. The second-order valence-electron chi connectivity index (χ2n) is 8.69. The van der Waals surface area contributed by atoms with Gasteiger partial charge in [0.05, 0.1) is 22.9 Å². The van der Waals surface area contributed by atoms with Crippen molar-refractivity contribution in [3.63, 3.8) is 0 Å². The van der Waals surface area contributed by atoms with E-state index in [2.05, 4.69) is 42.1 Å². The van der Waals surface area contributed by atoms with Gasteiger partial charge in [-0.2, -0.15) is 0 Å². The maximum atomic E-state index is 10.6. The van der Waals surface area contributed by atoms with Crippen LogP contribution in [0.5, 0.6) is 0 Å². The lowest BCUT2D eigenvalue weighted by Gasteiger charge is -2.33. The van der Waals surface area contributed by atoms with E-state index in [-0.39, 0.29) is 0 Å². The van der Waals surface area contributed by atoms with Crippen LogP contribution in [0.3, 0.4) is 0 Å². The summed E-state index contributed by atoms with van der Waals surface area (Å²) < 4.78 is 0. The molecule has 0 saturated carbocycles. The second-order valence-corrected chi connectivity index (χ2v) is 8.69. The number of rotatable bonds is 4. The first kappa shape index (κ1) is 23.4. The molecule has 0 amide bonds. The van der Waals surface area contributed by atoms with Gasteiger partial charge in [-0.25, -0.2) is 15.0 Å². The maximum Gasteiger partial charge on any atom is 0.150 e. The van der Waals surface area contributed by atoms with Crippen LogP contribution in [0.1, 0.15) is 10.4 Å². The average molecular weight is 481 g/mol. The highest BCUT2D eigenvalue weighted by Crippen LogP contribution is 2.27. The number of carbonyl (C=O) groups is 1. The Bertz CT molecular complexity index is 1490. The van der Waals surface area contributed by atoms with Crippen molar-refractivity contribution in [3.8, 4) is 11.3 Å². The average Bonchev–Trinajstić information content (AvgIpc) is 3.42. The van der Waals surface area contributed by atoms with Crippen LogP contribution in [0.15, 0.2) is 67.4 Å². The molecule has 0 radical (unpaired) electrons. The quantitative estimate of drug-likeness (QED) is 0.374. The summed E-state index contributed by atoms with van der Waals surface area (Å²) in [6.07, 6.45) is 9.97. The number of aldehydes is 1. The number of pyridine rings is 4. The number of nitrogens with one attached hydrogen (secondary N) is 2. The Morgan fingerprint density at radius 3 is 2.67 bits per heavy atom. The van der Waals surface area contributed by atoms with Gasteiger partial charge >= 0.3 is 0 Å². The minimum atomic E-state index is 0.693. The van der Waals surface area contributed by atoms with Crippen molar-refractivity contribution in [3.05, 3.63) is 72.9 Å². The normalized spacial score (nSPS) is 13.9. The number of aromatic nitrogens is 5. The number of aromatic amines is 1. The number of anilines is 2. The Labute approximate surface area is 209 Å². The van der Waals surface area contributed by atoms with Crippen molar-refractivity contribution < 1.29 is 4.79 Å². The largest absolute Gasteiger partial charge is 0.373 e. The molecule has 0 bridgehead atoms. The second kappa shape index (κ2) is 10.5. The van der Waals surface area contributed by atoms with Crippen molar-refractivity contribution in [1.29, 1.82) is 0 Å². The molecule has 6 rings (SSSR count). The lowest BCUT2D eigenvalue weighted by atomic mass is 10.1. The highest BCUT2D eigenvalue weighted by molar-refractivity contribution is 5.94. The molecule has 0 unspecified atom stereocenters. The molecule has 5 aromatic heterocycles. The van der Waals surface area contributed by atoms with Gasteiger partial charge in [-0.15, -0.1) is 0 Å². The third-order valence-corrected chi connectivity index (χ3v) is 6.32. The summed E-state index contributed by atoms with van der Waals surface area (Å²) in [6.45, 7) is 4.05. The molecule has 0 atom stereocenters. The fourth-order valence-electron chi connectivity index (χ4n) is 4.20. The number of hydrogen-bond donors (Lipinski definition) is 2. The van der Waals surface area contributed by atoms with Crippen LogP contribution in [0.2, 0.25) is 0 Å². The molecule has 9 heteroatoms. The predicted octanol–water partition coefficient (Wildman–Crippen LogP) is 3.86. The number of fused-ring (bicyclic) bond motifs is 2. The third kappa shape index (κ3) is 5.01. The molecule has 9 nitrogen and oxygen atoms in total. The van der Waals surface area contributed by atoms with E-state index in [1.165, 1.54) is 0 Å². The summed E-state index contributed by atoms with van der Waals surface area (Å²) in [5.74, 6) is 1.72. The van der Waals surface area contributed by atoms with E-state index >= 15 is 0 Å². The Morgan fingerprint density at radius 1 is 1.00 bits per heavy atom. The highest BCUT2D eigenvalue weighted by atomic mass is 16.1. The van der Waals surface area contributed by atoms with E-state index in [4.69, 9.17) is 4.98 Å². The van der Waals surface area contributed by atoms with E-state index in [0.29, 0.717) is 5.56 Å². The first-order valence-corrected chi connectivity index (χ1v) is 11.9. The lowest BCUT2D eigenvalue weighted by molar-refractivity contribution is 0.112. The first-order valence-electron chi connectivity index (χ1n) is 11.9. The molecule has 2 N–H and O–H groups in total. The van der Waals surface area contributed by atoms with Crippen molar-refractivity contribution in [2.45, 2.75) is 0 Å². The molecule has 1 aliphatic heterocycles. The Kier molecular flexibility index (Phi) is 6.81. The van der Waals surface area contributed by atoms with Crippen molar-refractivity contribution in [2.75, 3.05) is 50.5 Å². The Hall–Kier alpha value is -4.37. The van der Waals surface area contributed by atoms with E-state index in [9.17, 15) is 4.79 Å². The van der Waals surface area contributed by atoms with E-state index < -0.39 is 0 Å². The molecule has 1 saturated heterocycles. The van der Waals surface area contributed by atoms with E-state index in [0.717, 1.165) is 77.2 Å². The van der Waals surface area contributed by atoms with Gasteiger partial charge in [-0.3, -0.25) is 9.78 Å². The van der Waals surface area contributed by atoms with Crippen molar-refractivity contribution >= 4 is 39.7 Å². The molecule has 1 fully saturated rings. The van der Waals surface area contributed by atoms with Crippen LogP contribution >= 0.6 is 0 Å². The van der Waals surface area contributed by atoms with Crippen LogP contribution in [0.25, 0.3) is 33.1 Å². The van der Waals surface area contributed by atoms with Crippen LogP contribution in [0.4, 0.5) is 11.6 Å². The van der Waals surface area contributed by atoms with E-state index in [1.807, 2.05) is 62.2 Å². The summed E-state index contributed by atoms with van der Waals surface area (Å²) >= 11 is 0. The van der Waals surface area contributed by atoms with Gasteiger partial charge in [0.2, 0.25) is 0 Å². The minimum absolute atomic E-state index is 0.693. The predicted molar refractivity (Wildman–Crippen MR) is 144 cm³/mol. The summed E-state index contributed by atoms with van der Waals surface area (Å²) in [7, 11) is 3.97. The maximum absolute atomic E-state index is 10.6. The summed E-state index contributed by atoms with van der Waals surface area (Å²) in [4.78, 5) is 35.9. The fourth-order valence-corrected chi connectivity index (χ4v) is 4.20. The smallest absolute Gasteiger partial charge is 0.150 e. The lowest BCUT2D eigenvalue weighted by Crippen LogP contribution is -2.44. The zero-order valence-electron chi connectivity index (χ0n) is 20.3. The first-order chi connectivity index (χ1) is 17.6. The third-order valence-electron chi connectivity index (χ3n) is 6.32. The van der Waals surface area contributed by atoms with Crippen LogP contribution in [-0.4, -0.2) is 76.4 Å². The molecule has 0 aliphatic carbocycles. The monoisotopic (exact) mass is 480 g/mol. The molecule has 1 aliphatic rings. The number of piperazine rings is 1. The number of nitrogens with zero attached hydrogens (tertiary/aromatic N) is 6. The number of carbonyl (C=O) groups excluding carboxylic acids is 1. The highest BCUT2D eigenvalue weighted by Gasteiger charge is 2.15. The van der Waals surface area contributed by atoms with Gasteiger partial charge in [0.1, 0.15) is 17.9 Å². The SMILES string of the molecule is CN1CCN(c2cc(C=O)ccn2)CC1.CNc1cc2nc(-c3cncc4[nH]ccc34)ccc2cn1. The number of hydrogen-bond acceptors (Lipinski definition) is 8. The number of likely N-dealkylation sites (N-methyl/N-ethyl adjacent to an activating group) is 1. The summed E-state index contributed by atoms with van der Waals surface area (Å²) in [5, 5.41) is 5.18. The topological polar surface area (TPSA) is 103 Å². The molecule has 182 valence electrons. The van der Waals surface area contributed by atoms with Crippen LogP contribution in [-0.2, 0) is 0 Å². The van der Waals surface area contributed by atoms with Gasteiger partial charge in [0.15, 0.2) is 0 Å². The minimum Gasteiger partial charge on any atom is -0.373 e. The van der Waals surface area contributed by atoms with Crippen LogP contribution in [0, 0.1) is 0 Å². The van der Waals surface area contributed by atoms with Crippen LogP contribution < -0.4 is 10.2 Å². The van der Waals surface area contributed by atoms with Gasteiger partial charge in [0.25, 0.3) is 0 Å². The molecule has 36 heavy (non-hydrogen) atoms. The summed E-state index contributed by atoms with van der Waals surface area (Å²) in [5.41, 5.74) is 4.56. The standard InChI is InChI=1S/C16H13N5.C11H15N3O/c1-17-16-6-14-10(7-20-16)2-3-13(21-14)12-8-18-9-15-11(12)4-5-19-15;1-13-4-6-14(7-5-13)11-8-10(9-15)2-3-12-11/h2-9,19H,1H3,(H,17,20);2-3,8-9H,4-7H2,1H3. The van der Waals surface area contributed by atoms with Gasteiger partial charge < -0.3 is 20.1 Å². The van der Waals surface area contributed by atoms with Gasteiger partial charge in [-0.1, -0.05) is 0 Å². The number of H-pyrrole nitrogens is 1. The zero-order chi connectivity index (χ0) is 24.9. The molecule has 0 aromatic carbocycles.